The zero-order chi connectivity index (χ0) is 17.9. The lowest BCUT2D eigenvalue weighted by atomic mass is 9.99. The van der Waals surface area contributed by atoms with Crippen molar-refractivity contribution in [2.24, 2.45) is 10.9 Å². The number of nitrogens with one attached hydrogen (secondary N) is 1. The second-order valence-corrected chi connectivity index (χ2v) is 7.69. The number of guanidine groups is 1. The van der Waals surface area contributed by atoms with Gasteiger partial charge in [-0.3, -0.25) is 9.89 Å². The molecular weight excluding hydrogens is 453 g/mol. The minimum Gasteiger partial charge on any atom is -0.357 e. The molecule has 2 unspecified atom stereocenters. The number of halogens is 1. The molecule has 1 saturated heterocycles. The number of hydrogen-bond acceptors (Lipinski definition) is 4. The van der Waals surface area contributed by atoms with Crippen LogP contribution in [0.1, 0.15) is 31.4 Å². The van der Waals surface area contributed by atoms with Gasteiger partial charge in [0.2, 0.25) is 0 Å². The van der Waals surface area contributed by atoms with Gasteiger partial charge in [0.25, 0.3) is 0 Å². The number of fused-ring (bicyclic) bond motifs is 1. The molecule has 0 aromatic carbocycles. The maximum absolute atomic E-state index is 5.01. The van der Waals surface area contributed by atoms with Crippen molar-refractivity contribution in [1.29, 1.82) is 0 Å². The first-order valence-electron chi connectivity index (χ1n) is 10.1. The summed E-state index contributed by atoms with van der Waals surface area (Å²) in [6, 6.07) is 0.658. The van der Waals surface area contributed by atoms with E-state index in [9.17, 15) is 0 Å². The number of likely N-dealkylation sites (tertiary alicyclic amines) is 1. The Morgan fingerprint density at radius 3 is 2.81 bits per heavy atom. The molecule has 0 bridgehead atoms. The number of rotatable bonds is 4. The number of nitrogens with zero attached hydrogens (tertiary/aromatic N) is 6. The first-order chi connectivity index (χ1) is 12.7. The van der Waals surface area contributed by atoms with Crippen LogP contribution < -0.4 is 5.32 Å². The molecule has 150 valence electrons. The van der Waals surface area contributed by atoms with E-state index in [1.807, 2.05) is 6.92 Å². The number of aromatic nitrogens is 3. The molecule has 0 amide bonds. The van der Waals surface area contributed by atoms with Crippen LogP contribution in [0.2, 0.25) is 0 Å². The third kappa shape index (κ3) is 4.64. The SMILES string of the molecule is CCNC(=NCC1CCc2nnc(C)n2C1)N1CCC(N2CC=CC2)C1.I. The standard InChI is InChI=1S/C19H31N7.HI/c1-3-20-19(25-11-8-17(14-25)24-9-4-5-10-24)21-12-16-6-7-18-23-22-15(2)26(18)13-16;/h4-5,16-17H,3,6-14H2,1-2H3,(H,20,21);1H. The lowest BCUT2D eigenvalue weighted by molar-refractivity contribution is 0.259. The molecule has 4 rings (SSSR count). The van der Waals surface area contributed by atoms with E-state index in [1.54, 1.807) is 0 Å². The highest BCUT2D eigenvalue weighted by Crippen LogP contribution is 2.21. The molecule has 1 aromatic heterocycles. The third-order valence-corrected chi connectivity index (χ3v) is 5.89. The fraction of sp³-hybridized carbons (Fsp3) is 0.737. The van der Waals surface area contributed by atoms with Crippen molar-refractivity contribution in [3.63, 3.8) is 0 Å². The Morgan fingerprint density at radius 1 is 1.22 bits per heavy atom. The molecule has 2 atom stereocenters. The second-order valence-electron chi connectivity index (χ2n) is 7.69. The monoisotopic (exact) mass is 485 g/mol. The molecule has 4 heterocycles. The molecule has 0 radical (unpaired) electrons. The topological polar surface area (TPSA) is 61.6 Å². The zero-order valence-electron chi connectivity index (χ0n) is 16.5. The van der Waals surface area contributed by atoms with Gasteiger partial charge in [0, 0.05) is 58.3 Å². The van der Waals surface area contributed by atoms with Gasteiger partial charge in [-0.2, -0.15) is 0 Å². The highest BCUT2D eigenvalue weighted by molar-refractivity contribution is 14.0. The Balaban J connectivity index is 0.00000210. The van der Waals surface area contributed by atoms with Crippen molar-refractivity contribution in [2.45, 2.75) is 45.7 Å². The molecule has 8 heteroatoms. The van der Waals surface area contributed by atoms with E-state index < -0.39 is 0 Å². The third-order valence-electron chi connectivity index (χ3n) is 5.89. The molecule has 0 spiro atoms. The van der Waals surface area contributed by atoms with E-state index in [0.29, 0.717) is 12.0 Å². The van der Waals surface area contributed by atoms with Crippen LogP contribution in [-0.4, -0.2) is 75.8 Å². The second kappa shape index (κ2) is 9.36. The van der Waals surface area contributed by atoms with Crippen molar-refractivity contribution in [1.82, 2.24) is 29.9 Å². The summed E-state index contributed by atoms with van der Waals surface area (Å²) in [5.41, 5.74) is 0. The Bertz CT molecular complexity index is 676. The smallest absolute Gasteiger partial charge is 0.193 e. The van der Waals surface area contributed by atoms with Crippen LogP contribution in [-0.2, 0) is 13.0 Å². The van der Waals surface area contributed by atoms with Crippen molar-refractivity contribution in [2.75, 3.05) is 39.3 Å². The molecule has 1 fully saturated rings. The van der Waals surface area contributed by atoms with Crippen LogP contribution in [0.15, 0.2) is 17.1 Å². The Kier molecular flexibility index (Phi) is 7.13. The molecule has 0 aliphatic carbocycles. The number of aliphatic imine (C=N–C) groups is 1. The van der Waals surface area contributed by atoms with E-state index in [2.05, 4.69) is 49.0 Å². The summed E-state index contributed by atoms with van der Waals surface area (Å²) < 4.78 is 2.27. The molecular formula is C19H32IN7. The predicted octanol–water partition coefficient (Wildman–Crippen LogP) is 1.68. The van der Waals surface area contributed by atoms with Gasteiger partial charge >= 0.3 is 0 Å². The van der Waals surface area contributed by atoms with E-state index >= 15 is 0 Å². The van der Waals surface area contributed by atoms with Gasteiger partial charge in [-0.15, -0.1) is 34.2 Å². The van der Waals surface area contributed by atoms with Crippen LogP contribution in [0.25, 0.3) is 0 Å². The van der Waals surface area contributed by atoms with Crippen LogP contribution in [0.5, 0.6) is 0 Å². The molecule has 0 saturated carbocycles. The van der Waals surface area contributed by atoms with Crippen LogP contribution >= 0.6 is 24.0 Å². The van der Waals surface area contributed by atoms with Crippen molar-refractivity contribution in [3.8, 4) is 0 Å². The summed E-state index contributed by atoms with van der Waals surface area (Å²) in [5, 5.41) is 12.0. The average molecular weight is 485 g/mol. The summed E-state index contributed by atoms with van der Waals surface area (Å²) in [6.07, 6.45) is 7.98. The molecule has 7 nitrogen and oxygen atoms in total. The minimum atomic E-state index is 0. The molecule has 1 aromatic rings. The van der Waals surface area contributed by atoms with E-state index in [-0.39, 0.29) is 24.0 Å². The van der Waals surface area contributed by atoms with Gasteiger partial charge in [-0.05, 0) is 32.6 Å². The quantitative estimate of drug-likeness (QED) is 0.305. The van der Waals surface area contributed by atoms with Crippen molar-refractivity contribution in [3.05, 3.63) is 23.8 Å². The maximum atomic E-state index is 5.01. The maximum Gasteiger partial charge on any atom is 0.193 e. The summed E-state index contributed by atoms with van der Waals surface area (Å²) in [5.74, 6) is 3.83. The summed E-state index contributed by atoms with van der Waals surface area (Å²) >= 11 is 0. The normalized spacial score (nSPS) is 25.6. The summed E-state index contributed by atoms with van der Waals surface area (Å²) in [7, 11) is 0. The number of hydrogen-bond donors (Lipinski definition) is 1. The van der Waals surface area contributed by atoms with Gasteiger partial charge in [0.15, 0.2) is 5.96 Å². The van der Waals surface area contributed by atoms with Gasteiger partial charge in [-0.25, -0.2) is 0 Å². The first-order valence-corrected chi connectivity index (χ1v) is 10.1. The van der Waals surface area contributed by atoms with Gasteiger partial charge in [0.05, 0.1) is 0 Å². The fourth-order valence-corrected chi connectivity index (χ4v) is 4.35. The molecule has 3 aliphatic rings. The van der Waals surface area contributed by atoms with Crippen molar-refractivity contribution >= 4 is 29.9 Å². The minimum absolute atomic E-state index is 0. The van der Waals surface area contributed by atoms with Crippen LogP contribution in [0, 0.1) is 12.8 Å². The molecule has 27 heavy (non-hydrogen) atoms. The van der Waals surface area contributed by atoms with E-state index in [0.717, 1.165) is 76.3 Å². The highest BCUT2D eigenvalue weighted by Gasteiger charge is 2.30. The fourth-order valence-electron chi connectivity index (χ4n) is 4.35. The summed E-state index contributed by atoms with van der Waals surface area (Å²) in [4.78, 5) is 10.0. The van der Waals surface area contributed by atoms with E-state index in [1.165, 1.54) is 6.42 Å². The predicted molar refractivity (Wildman–Crippen MR) is 119 cm³/mol. The Labute approximate surface area is 179 Å². The first kappa shape index (κ1) is 20.6. The summed E-state index contributed by atoms with van der Waals surface area (Å²) in [6.45, 7) is 11.4. The number of aryl methyl sites for hydroxylation is 2. The van der Waals surface area contributed by atoms with Crippen LogP contribution in [0.4, 0.5) is 0 Å². The van der Waals surface area contributed by atoms with Gasteiger partial charge in [-0.1, -0.05) is 12.2 Å². The van der Waals surface area contributed by atoms with Gasteiger partial charge in [0.1, 0.15) is 11.6 Å². The molecule has 3 aliphatic heterocycles. The highest BCUT2D eigenvalue weighted by atomic mass is 127. The lowest BCUT2D eigenvalue weighted by Crippen LogP contribution is -2.43. The Morgan fingerprint density at radius 2 is 2.04 bits per heavy atom. The van der Waals surface area contributed by atoms with E-state index in [4.69, 9.17) is 4.99 Å². The average Bonchev–Trinajstić information content (AvgIpc) is 3.39. The van der Waals surface area contributed by atoms with Crippen molar-refractivity contribution < 1.29 is 0 Å². The van der Waals surface area contributed by atoms with Gasteiger partial charge < -0.3 is 14.8 Å². The molecule has 1 N–H and O–H groups in total. The zero-order valence-corrected chi connectivity index (χ0v) is 18.8. The lowest BCUT2D eigenvalue weighted by Gasteiger charge is -2.26. The largest absolute Gasteiger partial charge is 0.357 e. The van der Waals surface area contributed by atoms with Crippen LogP contribution in [0.3, 0.4) is 0 Å². The Hall–Kier alpha value is -1.16.